The average molecular weight is 573 g/mol. The van der Waals surface area contributed by atoms with Crippen LogP contribution in [0, 0.1) is 35.2 Å². The quantitative estimate of drug-likeness (QED) is 0.220. The summed E-state index contributed by atoms with van der Waals surface area (Å²) in [6, 6.07) is 15.5. The summed E-state index contributed by atoms with van der Waals surface area (Å²) in [7, 11) is 0. The monoisotopic (exact) mass is 572 g/mol. The molecule has 0 aromatic heterocycles. The zero-order valence-corrected chi connectivity index (χ0v) is 24.8. The van der Waals surface area contributed by atoms with E-state index in [1.807, 2.05) is 6.07 Å². The zero-order valence-electron chi connectivity index (χ0n) is 24.8. The van der Waals surface area contributed by atoms with E-state index in [9.17, 15) is 8.78 Å². The van der Waals surface area contributed by atoms with Gasteiger partial charge in [0.05, 0.1) is 0 Å². The van der Waals surface area contributed by atoms with Gasteiger partial charge in [0.1, 0.15) is 12.4 Å². The van der Waals surface area contributed by atoms with Gasteiger partial charge in [-0.3, -0.25) is 0 Å². The normalized spacial score (nSPS) is 22.8. The third kappa shape index (κ3) is 7.02. The maximum absolute atomic E-state index is 15.4. The molecule has 0 bridgehead atoms. The van der Waals surface area contributed by atoms with Crippen LogP contribution in [0.3, 0.4) is 0 Å². The van der Waals surface area contributed by atoms with Crippen LogP contribution in [0.1, 0.15) is 82.6 Å². The lowest BCUT2D eigenvalue weighted by Gasteiger charge is -2.38. The van der Waals surface area contributed by atoms with E-state index in [1.165, 1.54) is 69.6 Å². The fourth-order valence-electron chi connectivity index (χ4n) is 7.23. The first-order chi connectivity index (χ1) is 20.5. The number of rotatable bonds is 10. The van der Waals surface area contributed by atoms with Crippen molar-refractivity contribution < 1.29 is 17.9 Å². The van der Waals surface area contributed by atoms with Crippen molar-refractivity contribution in [2.75, 3.05) is 6.61 Å². The summed E-state index contributed by atoms with van der Waals surface area (Å²) in [5, 5.41) is 0. The van der Waals surface area contributed by atoms with E-state index < -0.39 is 11.6 Å². The van der Waals surface area contributed by atoms with Crippen molar-refractivity contribution in [3.8, 4) is 28.0 Å². The highest BCUT2D eigenvalue weighted by molar-refractivity contribution is 5.71. The van der Waals surface area contributed by atoms with Gasteiger partial charge in [-0.25, -0.2) is 8.78 Å². The van der Waals surface area contributed by atoms with Gasteiger partial charge in [0.15, 0.2) is 11.6 Å². The third-order valence-electron chi connectivity index (χ3n) is 9.68. The van der Waals surface area contributed by atoms with Crippen molar-refractivity contribution >= 4 is 0 Å². The summed E-state index contributed by atoms with van der Waals surface area (Å²) in [6.07, 6.45) is 18.8. The molecule has 2 aliphatic carbocycles. The number of ether oxygens (including phenoxy) is 1. The van der Waals surface area contributed by atoms with E-state index in [2.05, 4.69) is 31.7 Å². The number of benzene rings is 3. The molecule has 0 N–H and O–H groups in total. The maximum atomic E-state index is 15.4. The minimum atomic E-state index is -1.03. The Labute approximate surface area is 249 Å². The Kier molecular flexibility index (Phi) is 10.3. The number of allylic oxidation sites excluding steroid dienone is 2. The molecule has 0 unspecified atom stereocenters. The fraction of sp³-hybridized carbons (Fsp3) is 0.421. The van der Waals surface area contributed by atoms with Crippen LogP contribution < -0.4 is 4.74 Å². The predicted octanol–water partition coefficient (Wildman–Crippen LogP) is 11.4. The lowest BCUT2D eigenvalue weighted by atomic mass is 9.68. The number of hydrogen-bond donors (Lipinski definition) is 0. The lowest BCUT2D eigenvalue weighted by Crippen LogP contribution is -2.25. The summed E-state index contributed by atoms with van der Waals surface area (Å²) in [5.41, 5.74) is 2.97. The van der Waals surface area contributed by atoms with Crippen molar-refractivity contribution in [2.45, 2.75) is 77.0 Å². The van der Waals surface area contributed by atoms with Gasteiger partial charge >= 0.3 is 0 Å². The van der Waals surface area contributed by atoms with Crippen molar-refractivity contribution in [3.63, 3.8) is 0 Å². The first-order valence-corrected chi connectivity index (χ1v) is 15.7. The highest BCUT2D eigenvalue weighted by atomic mass is 19.2. The molecule has 0 heterocycles. The van der Waals surface area contributed by atoms with Crippen LogP contribution in [0.5, 0.6) is 5.75 Å². The van der Waals surface area contributed by atoms with Crippen molar-refractivity contribution in [3.05, 3.63) is 102 Å². The molecule has 0 atom stereocenters. The van der Waals surface area contributed by atoms with E-state index in [0.717, 1.165) is 36.2 Å². The molecular formula is C38H43F3O. The predicted molar refractivity (Wildman–Crippen MR) is 167 cm³/mol. The Morgan fingerprint density at radius 2 is 1.38 bits per heavy atom. The maximum Gasteiger partial charge on any atom is 0.201 e. The Morgan fingerprint density at radius 1 is 0.762 bits per heavy atom. The molecule has 4 heteroatoms. The minimum absolute atomic E-state index is 0.0919. The first-order valence-electron chi connectivity index (χ1n) is 15.7. The van der Waals surface area contributed by atoms with Crippen LogP contribution >= 0.6 is 0 Å². The van der Waals surface area contributed by atoms with Gasteiger partial charge in [-0.05, 0) is 117 Å². The Hall–Kier alpha value is -3.27. The highest BCUT2D eigenvalue weighted by Gasteiger charge is 2.31. The molecule has 0 amide bonds. The second-order valence-corrected chi connectivity index (χ2v) is 12.2. The summed E-state index contributed by atoms with van der Waals surface area (Å²) >= 11 is 0. The summed E-state index contributed by atoms with van der Waals surface area (Å²) in [4.78, 5) is 0. The Balaban J connectivity index is 1.18. The van der Waals surface area contributed by atoms with Crippen molar-refractivity contribution in [1.29, 1.82) is 0 Å². The van der Waals surface area contributed by atoms with Crippen molar-refractivity contribution in [2.24, 2.45) is 17.8 Å². The van der Waals surface area contributed by atoms with Gasteiger partial charge < -0.3 is 4.74 Å². The van der Waals surface area contributed by atoms with Crippen LogP contribution in [0.15, 0.2) is 79.4 Å². The molecule has 1 nitrogen and oxygen atoms in total. The average Bonchev–Trinajstić information content (AvgIpc) is 3.02. The van der Waals surface area contributed by atoms with Gasteiger partial charge in [-0.15, -0.1) is 0 Å². The number of hydrogen-bond acceptors (Lipinski definition) is 1. The standard InChI is InChI=1S/C38H43F3O/c1-3-5-6-7-26-8-10-27(11-9-26)28-12-14-29(15-13-28)32-20-21-33(35(39)25-32)30-16-18-31(19-17-30)34-22-23-36(42-24-4-2)38(41)37(34)40/h3-5,16-23,25-29H,2,6-15,24H2,1H3. The lowest BCUT2D eigenvalue weighted by molar-refractivity contribution is 0.157. The highest BCUT2D eigenvalue weighted by Crippen LogP contribution is 2.45. The topological polar surface area (TPSA) is 9.23 Å². The van der Waals surface area contributed by atoms with E-state index >= 15 is 4.39 Å². The molecule has 2 fully saturated rings. The summed E-state index contributed by atoms with van der Waals surface area (Å²) < 4.78 is 49.7. The minimum Gasteiger partial charge on any atom is -0.486 e. The molecule has 0 spiro atoms. The van der Waals surface area contributed by atoms with Gasteiger partial charge in [-0.1, -0.05) is 74.0 Å². The van der Waals surface area contributed by atoms with E-state index in [0.29, 0.717) is 22.6 Å². The molecule has 0 aliphatic heterocycles. The molecule has 2 aliphatic rings. The summed E-state index contributed by atoms with van der Waals surface area (Å²) in [6.45, 7) is 5.72. The molecule has 222 valence electrons. The third-order valence-corrected chi connectivity index (χ3v) is 9.68. The van der Waals surface area contributed by atoms with Gasteiger partial charge in [0.25, 0.3) is 0 Å². The second-order valence-electron chi connectivity index (χ2n) is 12.2. The van der Waals surface area contributed by atoms with E-state index in [4.69, 9.17) is 4.74 Å². The number of halogens is 3. The van der Waals surface area contributed by atoms with Crippen molar-refractivity contribution in [1.82, 2.24) is 0 Å². The van der Waals surface area contributed by atoms with Gasteiger partial charge in [0, 0.05) is 11.1 Å². The molecule has 42 heavy (non-hydrogen) atoms. The molecule has 0 saturated heterocycles. The molecule has 2 saturated carbocycles. The van der Waals surface area contributed by atoms with Crippen LogP contribution in [-0.2, 0) is 0 Å². The van der Waals surface area contributed by atoms with Gasteiger partial charge in [-0.2, -0.15) is 4.39 Å². The smallest absolute Gasteiger partial charge is 0.201 e. The molecule has 3 aromatic carbocycles. The van der Waals surface area contributed by atoms with Gasteiger partial charge in [0.2, 0.25) is 5.82 Å². The molecule has 5 rings (SSSR count). The molecule has 3 aromatic rings. The van der Waals surface area contributed by atoms with Crippen LogP contribution in [0.4, 0.5) is 13.2 Å². The molecule has 0 radical (unpaired) electrons. The first kappa shape index (κ1) is 30.2. The zero-order chi connectivity index (χ0) is 29.5. The largest absolute Gasteiger partial charge is 0.486 e. The second kappa shape index (κ2) is 14.3. The van der Waals surface area contributed by atoms with Crippen LogP contribution in [0.2, 0.25) is 0 Å². The Bertz CT molecular complexity index is 1360. The molecular weight excluding hydrogens is 529 g/mol. The van der Waals surface area contributed by atoms with E-state index in [1.54, 1.807) is 30.3 Å². The van der Waals surface area contributed by atoms with E-state index in [-0.39, 0.29) is 23.7 Å². The van der Waals surface area contributed by atoms with Crippen LogP contribution in [0.25, 0.3) is 22.3 Å². The summed E-state index contributed by atoms with van der Waals surface area (Å²) in [5.74, 6) is 0.639. The fourth-order valence-corrected chi connectivity index (χ4v) is 7.23. The Morgan fingerprint density at radius 3 is 2.00 bits per heavy atom. The van der Waals surface area contributed by atoms with Crippen LogP contribution in [-0.4, -0.2) is 6.61 Å². The SMILES string of the molecule is C=CCOc1ccc(-c2ccc(-c3ccc(C4CCC(C5CCC(CCC=CC)CC5)CC4)cc3F)cc2)c(F)c1F.